The zero-order valence-corrected chi connectivity index (χ0v) is 20.2. The molecule has 4 rings (SSSR count). The van der Waals surface area contributed by atoms with Crippen molar-refractivity contribution in [1.82, 2.24) is 0 Å². The number of nitrogens with zero attached hydrogens (tertiary/aromatic N) is 4. The van der Waals surface area contributed by atoms with E-state index in [4.69, 9.17) is 19.6 Å². The molecule has 8 nitrogen and oxygen atoms in total. The molecule has 2 aromatic rings. The first-order chi connectivity index (χ1) is 16.8. The molecule has 4 atom stereocenters. The second kappa shape index (κ2) is 8.62. The number of anilines is 1. The monoisotopic (exact) mass is 469 g/mol. The summed E-state index contributed by atoms with van der Waals surface area (Å²) in [4.78, 5) is 2.17. The third-order valence-electron chi connectivity index (χ3n) is 7.49. The number of benzene rings is 2. The normalized spacial score (nSPS) is 28.2. The Kier molecular flexibility index (Phi) is 5.93. The number of methoxy groups -OCH3 is 1. The topological polar surface area (TPSA) is 126 Å². The van der Waals surface area contributed by atoms with Crippen LogP contribution in [-0.4, -0.2) is 26.1 Å². The Bertz CT molecular complexity index is 1240. The molecular weight excluding hydrogens is 442 g/mol. The van der Waals surface area contributed by atoms with Crippen LogP contribution in [0.5, 0.6) is 5.75 Å². The van der Waals surface area contributed by atoms with Gasteiger partial charge in [-0.15, -0.1) is 0 Å². The van der Waals surface area contributed by atoms with E-state index in [-0.39, 0.29) is 0 Å². The smallest absolute Gasteiger partial charge is 0.244 e. The second-order valence-electron chi connectivity index (χ2n) is 8.76. The van der Waals surface area contributed by atoms with E-state index in [0.717, 1.165) is 18.8 Å². The van der Waals surface area contributed by atoms with Crippen molar-refractivity contribution >= 4 is 11.6 Å². The molecule has 0 aromatic heterocycles. The Morgan fingerprint density at radius 3 is 2.06 bits per heavy atom. The molecule has 8 heteroatoms. The lowest BCUT2D eigenvalue weighted by atomic mass is 9.53. The van der Waals surface area contributed by atoms with Crippen LogP contribution in [0, 0.1) is 56.2 Å². The van der Waals surface area contributed by atoms with Gasteiger partial charge in [0, 0.05) is 24.3 Å². The van der Waals surface area contributed by atoms with Crippen LogP contribution in [0.4, 0.5) is 5.69 Å². The highest BCUT2D eigenvalue weighted by Crippen LogP contribution is 2.69. The molecule has 4 unspecified atom stereocenters. The van der Waals surface area contributed by atoms with Gasteiger partial charge in [-0.2, -0.15) is 15.8 Å². The first-order valence-corrected chi connectivity index (χ1v) is 11.5. The molecule has 2 fully saturated rings. The van der Waals surface area contributed by atoms with Gasteiger partial charge < -0.3 is 19.1 Å². The highest BCUT2D eigenvalue weighted by atomic mass is 16.7. The molecule has 0 amide bonds. The highest BCUT2D eigenvalue weighted by Gasteiger charge is 2.79. The standard InChI is InChI=1S/C27H27N5O3/c1-5-32(6-2)21-11-7-19(8-12-21)23-25(15-28,16-29)26(17-30)18(3)27(34-23,35-24(26)31)20-9-13-22(33-4)14-10-20/h7-14,18,23,31H,5-6H2,1-4H3. The zero-order valence-electron chi connectivity index (χ0n) is 20.2. The van der Waals surface area contributed by atoms with Crippen LogP contribution < -0.4 is 9.64 Å². The maximum absolute atomic E-state index is 10.4. The lowest BCUT2D eigenvalue weighted by Gasteiger charge is -2.48. The first-order valence-electron chi connectivity index (χ1n) is 11.5. The van der Waals surface area contributed by atoms with Crippen molar-refractivity contribution in [2.45, 2.75) is 32.7 Å². The van der Waals surface area contributed by atoms with E-state index in [1.165, 1.54) is 0 Å². The van der Waals surface area contributed by atoms with Crippen molar-refractivity contribution in [3.8, 4) is 24.0 Å². The van der Waals surface area contributed by atoms with Gasteiger partial charge in [0.25, 0.3) is 0 Å². The summed E-state index contributed by atoms with van der Waals surface area (Å²) in [5.74, 6) is -2.15. The zero-order chi connectivity index (χ0) is 25.4. The minimum atomic E-state index is -2.00. The minimum Gasteiger partial charge on any atom is -0.497 e. The Morgan fingerprint density at radius 2 is 1.57 bits per heavy atom. The second-order valence-corrected chi connectivity index (χ2v) is 8.76. The molecule has 0 spiro atoms. The molecule has 35 heavy (non-hydrogen) atoms. The molecule has 178 valence electrons. The van der Waals surface area contributed by atoms with Gasteiger partial charge >= 0.3 is 0 Å². The van der Waals surface area contributed by atoms with Gasteiger partial charge in [-0.05, 0) is 55.8 Å². The molecule has 0 radical (unpaired) electrons. The van der Waals surface area contributed by atoms with Crippen molar-refractivity contribution in [1.29, 1.82) is 21.2 Å². The molecule has 2 aliphatic rings. The van der Waals surface area contributed by atoms with Crippen LogP contribution >= 0.6 is 0 Å². The van der Waals surface area contributed by atoms with Gasteiger partial charge in [0.2, 0.25) is 17.1 Å². The number of hydrogen-bond acceptors (Lipinski definition) is 8. The number of nitriles is 3. The van der Waals surface area contributed by atoms with Gasteiger partial charge in [-0.3, -0.25) is 5.41 Å². The van der Waals surface area contributed by atoms with E-state index in [1.54, 1.807) is 38.3 Å². The number of fused-ring (bicyclic) bond motifs is 2. The number of rotatable bonds is 6. The summed E-state index contributed by atoms with van der Waals surface area (Å²) in [6.45, 7) is 7.48. The van der Waals surface area contributed by atoms with Crippen molar-refractivity contribution in [2.24, 2.45) is 16.7 Å². The largest absolute Gasteiger partial charge is 0.497 e. The summed E-state index contributed by atoms with van der Waals surface area (Å²) in [6, 6.07) is 20.8. The van der Waals surface area contributed by atoms with Crippen molar-refractivity contribution < 1.29 is 14.2 Å². The average molecular weight is 470 g/mol. The quantitative estimate of drug-likeness (QED) is 0.652. The highest BCUT2D eigenvalue weighted by molar-refractivity contribution is 5.89. The van der Waals surface area contributed by atoms with Gasteiger partial charge in [-0.25, -0.2) is 0 Å². The van der Waals surface area contributed by atoms with E-state index in [1.807, 2.05) is 24.3 Å². The third-order valence-corrected chi connectivity index (χ3v) is 7.49. The summed E-state index contributed by atoms with van der Waals surface area (Å²) >= 11 is 0. The Labute approximate surface area is 205 Å². The van der Waals surface area contributed by atoms with Crippen LogP contribution in [0.15, 0.2) is 48.5 Å². The van der Waals surface area contributed by atoms with Crippen LogP contribution in [0.25, 0.3) is 0 Å². The Morgan fingerprint density at radius 1 is 0.971 bits per heavy atom. The summed E-state index contributed by atoms with van der Waals surface area (Å²) < 4.78 is 17.9. The van der Waals surface area contributed by atoms with Gasteiger partial charge in [0.05, 0.1) is 31.2 Å². The maximum Gasteiger partial charge on any atom is 0.244 e. The SMILES string of the molecule is CCN(CC)c1ccc(C2OC3(c4ccc(OC)cc4)OC(=N)C(C#N)(C3C)C2(C#N)C#N)cc1. The fraction of sp³-hybridized carbons (Fsp3) is 0.407. The Hall–Kier alpha value is -4.06. The van der Waals surface area contributed by atoms with Crippen LogP contribution in [0.2, 0.25) is 0 Å². The molecule has 2 aromatic carbocycles. The summed E-state index contributed by atoms with van der Waals surface area (Å²) in [7, 11) is 1.56. The minimum absolute atomic E-state index is 0.436. The fourth-order valence-corrected chi connectivity index (χ4v) is 5.44. The van der Waals surface area contributed by atoms with Gasteiger partial charge in [-0.1, -0.05) is 19.1 Å². The molecule has 2 heterocycles. The molecule has 0 saturated carbocycles. The van der Waals surface area contributed by atoms with E-state index in [2.05, 4.69) is 37.0 Å². The van der Waals surface area contributed by atoms with Crippen LogP contribution in [0.1, 0.15) is 38.0 Å². The van der Waals surface area contributed by atoms with E-state index in [0.29, 0.717) is 16.9 Å². The molecule has 0 aliphatic carbocycles. The molecule has 2 bridgehead atoms. The number of hydrogen-bond donors (Lipinski definition) is 1. The van der Waals surface area contributed by atoms with Gasteiger partial charge in [0.15, 0.2) is 5.41 Å². The Balaban J connectivity index is 1.93. The summed E-state index contributed by atoms with van der Waals surface area (Å²) in [6.07, 6.45) is -1.14. The van der Waals surface area contributed by atoms with Gasteiger partial charge in [0.1, 0.15) is 11.9 Å². The van der Waals surface area contributed by atoms with E-state index >= 15 is 0 Å². The third kappa shape index (κ3) is 3.02. The van der Waals surface area contributed by atoms with Crippen LogP contribution in [-0.2, 0) is 15.3 Å². The predicted molar refractivity (Wildman–Crippen MR) is 128 cm³/mol. The lowest BCUT2D eigenvalue weighted by Crippen LogP contribution is -2.57. The van der Waals surface area contributed by atoms with Crippen molar-refractivity contribution in [3.05, 3.63) is 59.7 Å². The molecule has 2 saturated heterocycles. The summed E-state index contributed by atoms with van der Waals surface area (Å²) in [5.41, 5.74) is -1.71. The number of ether oxygens (including phenoxy) is 3. The molecular formula is C27H27N5O3. The molecule has 2 aliphatic heterocycles. The van der Waals surface area contributed by atoms with E-state index < -0.39 is 34.5 Å². The van der Waals surface area contributed by atoms with Crippen molar-refractivity contribution in [2.75, 3.05) is 25.1 Å². The average Bonchev–Trinajstić information content (AvgIpc) is 3.06. The fourth-order valence-electron chi connectivity index (χ4n) is 5.44. The van der Waals surface area contributed by atoms with Crippen molar-refractivity contribution in [3.63, 3.8) is 0 Å². The maximum atomic E-state index is 10.4. The van der Waals surface area contributed by atoms with E-state index in [9.17, 15) is 15.8 Å². The summed E-state index contributed by atoms with van der Waals surface area (Å²) in [5, 5.41) is 39.9. The predicted octanol–water partition coefficient (Wildman–Crippen LogP) is 4.65. The first kappa shape index (κ1) is 24.1. The molecule has 1 N–H and O–H groups in total. The lowest BCUT2D eigenvalue weighted by molar-refractivity contribution is -0.288. The number of nitrogens with one attached hydrogen (secondary N) is 1. The van der Waals surface area contributed by atoms with Crippen LogP contribution in [0.3, 0.4) is 0 Å².